The van der Waals surface area contributed by atoms with E-state index in [4.69, 9.17) is 14.5 Å². The molecule has 0 N–H and O–H groups in total. The van der Waals surface area contributed by atoms with Crippen LogP contribution in [0.3, 0.4) is 0 Å². The van der Waals surface area contributed by atoms with E-state index in [9.17, 15) is 0 Å². The van der Waals surface area contributed by atoms with Gasteiger partial charge < -0.3 is 14.4 Å². The molecule has 0 atom stereocenters. The van der Waals surface area contributed by atoms with Crippen molar-refractivity contribution in [2.24, 2.45) is 0 Å². The van der Waals surface area contributed by atoms with Crippen LogP contribution in [0.5, 0.6) is 11.5 Å². The number of pyridine rings is 1. The first-order chi connectivity index (χ1) is 13.7. The second kappa shape index (κ2) is 11.3. The van der Waals surface area contributed by atoms with Crippen molar-refractivity contribution in [2.45, 2.75) is 66.7 Å². The molecule has 0 bridgehead atoms. The van der Waals surface area contributed by atoms with E-state index in [0.29, 0.717) is 6.61 Å². The van der Waals surface area contributed by atoms with Gasteiger partial charge in [0, 0.05) is 23.7 Å². The number of nitrogens with zero attached hydrogens (tertiary/aromatic N) is 2. The molecule has 0 fully saturated rings. The molecule has 28 heavy (non-hydrogen) atoms. The number of methoxy groups -OCH3 is 1. The Bertz CT molecular complexity index is 758. The summed E-state index contributed by atoms with van der Waals surface area (Å²) in [5, 5.41) is 1.23. The molecule has 1 aromatic heterocycles. The molecule has 0 saturated carbocycles. The van der Waals surface area contributed by atoms with Crippen molar-refractivity contribution >= 4 is 10.9 Å². The molecule has 0 amide bonds. The lowest BCUT2D eigenvalue weighted by molar-refractivity contribution is 0.236. The zero-order chi connectivity index (χ0) is 20.5. The SMILES string of the molecule is CC.CCCN(CC)CCCOc1cc2nc(C)c3c(c2cc1OC)CCC3. The summed E-state index contributed by atoms with van der Waals surface area (Å²) in [7, 11) is 1.72. The Kier molecular flexibility index (Phi) is 9.04. The molecule has 0 unspecified atom stereocenters. The second-order valence-electron chi connectivity index (χ2n) is 7.16. The number of ether oxygens (including phenoxy) is 2. The minimum atomic E-state index is 0.700. The predicted octanol–water partition coefficient (Wildman–Crippen LogP) is 5.57. The van der Waals surface area contributed by atoms with Crippen LogP contribution in [0.25, 0.3) is 10.9 Å². The minimum absolute atomic E-state index is 0.700. The normalized spacial score (nSPS) is 12.7. The van der Waals surface area contributed by atoms with Crippen molar-refractivity contribution in [3.05, 3.63) is 29.0 Å². The average Bonchev–Trinajstić information content (AvgIpc) is 3.22. The molecule has 0 aliphatic heterocycles. The van der Waals surface area contributed by atoms with Crippen molar-refractivity contribution < 1.29 is 9.47 Å². The maximum Gasteiger partial charge on any atom is 0.163 e. The van der Waals surface area contributed by atoms with E-state index < -0.39 is 0 Å². The lowest BCUT2D eigenvalue weighted by Gasteiger charge is -2.19. The van der Waals surface area contributed by atoms with Crippen LogP contribution in [0, 0.1) is 6.92 Å². The molecule has 1 aliphatic carbocycles. The Morgan fingerprint density at radius 2 is 1.79 bits per heavy atom. The van der Waals surface area contributed by atoms with Gasteiger partial charge in [0.2, 0.25) is 0 Å². The molecule has 156 valence electrons. The molecule has 2 aromatic rings. The molecule has 0 saturated heterocycles. The van der Waals surface area contributed by atoms with Gasteiger partial charge in [-0.3, -0.25) is 4.98 Å². The monoisotopic (exact) mass is 386 g/mol. The van der Waals surface area contributed by atoms with E-state index in [-0.39, 0.29) is 0 Å². The van der Waals surface area contributed by atoms with Crippen LogP contribution >= 0.6 is 0 Å². The molecule has 0 radical (unpaired) electrons. The van der Waals surface area contributed by atoms with E-state index in [1.54, 1.807) is 7.11 Å². The maximum absolute atomic E-state index is 6.08. The summed E-state index contributed by atoms with van der Waals surface area (Å²) in [5.41, 5.74) is 5.08. The quantitative estimate of drug-likeness (QED) is 0.528. The number of fused-ring (bicyclic) bond motifs is 3. The smallest absolute Gasteiger partial charge is 0.163 e. The number of rotatable bonds is 9. The summed E-state index contributed by atoms with van der Waals surface area (Å²) >= 11 is 0. The Morgan fingerprint density at radius 3 is 2.46 bits per heavy atom. The molecule has 3 rings (SSSR count). The molecular weight excluding hydrogens is 348 g/mol. The van der Waals surface area contributed by atoms with Crippen molar-refractivity contribution in [2.75, 3.05) is 33.4 Å². The van der Waals surface area contributed by atoms with Gasteiger partial charge in [0.25, 0.3) is 0 Å². The topological polar surface area (TPSA) is 34.6 Å². The highest BCUT2D eigenvalue weighted by molar-refractivity contribution is 5.87. The van der Waals surface area contributed by atoms with Gasteiger partial charge in [0.1, 0.15) is 0 Å². The van der Waals surface area contributed by atoms with Crippen LogP contribution in [0.2, 0.25) is 0 Å². The molecule has 0 spiro atoms. The van der Waals surface area contributed by atoms with Gasteiger partial charge in [-0.15, -0.1) is 0 Å². The number of hydrogen-bond donors (Lipinski definition) is 0. The summed E-state index contributed by atoms with van der Waals surface area (Å²) in [5.74, 6) is 1.63. The van der Waals surface area contributed by atoms with Crippen LogP contribution in [0.1, 0.15) is 63.8 Å². The fourth-order valence-electron chi connectivity index (χ4n) is 4.06. The molecule has 1 aromatic carbocycles. The van der Waals surface area contributed by atoms with Crippen molar-refractivity contribution in [1.82, 2.24) is 9.88 Å². The van der Waals surface area contributed by atoms with Crippen LogP contribution in [0.15, 0.2) is 12.1 Å². The fourth-order valence-corrected chi connectivity index (χ4v) is 4.06. The minimum Gasteiger partial charge on any atom is -0.493 e. The van der Waals surface area contributed by atoms with E-state index in [1.807, 2.05) is 13.8 Å². The first-order valence-electron chi connectivity index (χ1n) is 11.0. The lowest BCUT2D eigenvalue weighted by atomic mass is 10.0. The third-order valence-corrected chi connectivity index (χ3v) is 5.41. The standard InChI is InChI=1S/C22H32N2O2.C2H6/c1-5-11-24(6-2)12-8-13-26-22-15-20-19(14-21(22)25-4)18-10-7-9-17(18)16(3)23-20;1-2/h14-15H,5-13H2,1-4H3;1-2H3. The first kappa shape index (κ1) is 22.5. The Hall–Kier alpha value is -1.81. The highest BCUT2D eigenvalue weighted by atomic mass is 16.5. The molecule has 1 heterocycles. The van der Waals surface area contributed by atoms with Gasteiger partial charge >= 0.3 is 0 Å². The third-order valence-electron chi connectivity index (χ3n) is 5.41. The predicted molar refractivity (Wildman–Crippen MR) is 119 cm³/mol. The molecular formula is C24H38N2O2. The van der Waals surface area contributed by atoms with Gasteiger partial charge in [-0.25, -0.2) is 0 Å². The molecule has 1 aliphatic rings. The summed E-state index contributed by atoms with van der Waals surface area (Å²) in [6.07, 6.45) is 5.73. The van der Waals surface area contributed by atoms with Gasteiger partial charge in [-0.05, 0) is 69.3 Å². The third kappa shape index (κ3) is 5.16. The largest absolute Gasteiger partial charge is 0.493 e. The average molecular weight is 387 g/mol. The molecule has 4 heteroatoms. The summed E-state index contributed by atoms with van der Waals surface area (Å²) in [4.78, 5) is 7.30. The van der Waals surface area contributed by atoms with Crippen molar-refractivity contribution in [3.63, 3.8) is 0 Å². The van der Waals surface area contributed by atoms with Crippen LogP contribution in [-0.4, -0.2) is 43.2 Å². The van der Waals surface area contributed by atoms with E-state index in [1.165, 1.54) is 35.0 Å². The van der Waals surface area contributed by atoms with Crippen LogP contribution in [-0.2, 0) is 12.8 Å². The highest BCUT2D eigenvalue weighted by Gasteiger charge is 2.19. The van der Waals surface area contributed by atoms with Crippen LogP contribution < -0.4 is 9.47 Å². The van der Waals surface area contributed by atoms with Gasteiger partial charge in [-0.2, -0.15) is 0 Å². The van der Waals surface area contributed by atoms with E-state index in [2.05, 4.69) is 37.8 Å². The summed E-state index contributed by atoms with van der Waals surface area (Å²) in [6.45, 7) is 14.6. The maximum atomic E-state index is 6.08. The summed E-state index contributed by atoms with van der Waals surface area (Å²) in [6, 6.07) is 4.18. The van der Waals surface area contributed by atoms with E-state index in [0.717, 1.165) is 55.9 Å². The van der Waals surface area contributed by atoms with Crippen molar-refractivity contribution in [3.8, 4) is 11.5 Å². The number of hydrogen-bond acceptors (Lipinski definition) is 4. The van der Waals surface area contributed by atoms with Gasteiger partial charge in [0.15, 0.2) is 11.5 Å². The second-order valence-corrected chi connectivity index (χ2v) is 7.16. The number of aromatic nitrogens is 1. The Morgan fingerprint density at radius 1 is 1.04 bits per heavy atom. The molecule has 4 nitrogen and oxygen atoms in total. The summed E-state index contributed by atoms with van der Waals surface area (Å²) < 4.78 is 11.7. The Labute approximate surface area is 171 Å². The van der Waals surface area contributed by atoms with Crippen molar-refractivity contribution in [1.29, 1.82) is 0 Å². The number of benzene rings is 1. The zero-order valence-corrected chi connectivity index (χ0v) is 18.7. The van der Waals surface area contributed by atoms with Gasteiger partial charge in [-0.1, -0.05) is 27.7 Å². The zero-order valence-electron chi connectivity index (χ0n) is 18.7. The highest BCUT2D eigenvalue weighted by Crippen LogP contribution is 2.37. The number of aryl methyl sites for hydroxylation is 2. The fraction of sp³-hybridized carbons (Fsp3) is 0.625. The first-order valence-corrected chi connectivity index (χ1v) is 11.0. The van der Waals surface area contributed by atoms with Gasteiger partial charge in [0.05, 0.1) is 19.2 Å². The van der Waals surface area contributed by atoms with Crippen LogP contribution in [0.4, 0.5) is 0 Å². The lowest BCUT2D eigenvalue weighted by Crippen LogP contribution is -2.26. The Balaban J connectivity index is 0.00000136. The van der Waals surface area contributed by atoms with E-state index >= 15 is 0 Å².